The molecule has 1 fully saturated rings. The monoisotopic (exact) mass is 597 g/mol. The number of carboxylic acids is 1. The first-order valence-corrected chi connectivity index (χ1v) is 11.9. The number of esters is 1. The van der Waals surface area contributed by atoms with Gasteiger partial charge in [0.05, 0.1) is 24.5 Å². The third-order valence-electron chi connectivity index (χ3n) is 5.53. The van der Waals surface area contributed by atoms with Crippen molar-refractivity contribution in [3.63, 3.8) is 0 Å². The van der Waals surface area contributed by atoms with Crippen molar-refractivity contribution in [2.75, 3.05) is 18.0 Å². The number of ether oxygens (including phenoxy) is 2. The van der Waals surface area contributed by atoms with Crippen LogP contribution in [0.4, 0.5) is 28.0 Å². The number of carbonyl (C=O) groups excluding carboxylic acids is 3. The van der Waals surface area contributed by atoms with E-state index in [1.54, 1.807) is 30.3 Å². The third kappa shape index (κ3) is 8.47. The van der Waals surface area contributed by atoms with Gasteiger partial charge in [0.1, 0.15) is 17.6 Å². The van der Waals surface area contributed by atoms with E-state index in [-0.39, 0.29) is 26.1 Å². The largest absolute Gasteiger partial charge is 0.490 e. The Balaban J connectivity index is 0.000000616. The summed E-state index contributed by atoms with van der Waals surface area (Å²) in [7, 11) is 0. The number of anilines is 1. The lowest BCUT2D eigenvalue weighted by molar-refractivity contribution is -0.192. The summed E-state index contributed by atoms with van der Waals surface area (Å²) in [5.74, 6) is -4.02. The molecule has 1 aliphatic rings. The van der Waals surface area contributed by atoms with Crippen LogP contribution in [0.25, 0.3) is 22.5 Å². The summed E-state index contributed by atoms with van der Waals surface area (Å²) in [6, 6.07) is 9.30. The molecule has 224 valence electrons. The lowest BCUT2D eigenvalue weighted by atomic mass is 10.1. The van der Waals surface area contributed by atoms with Crippen molar-refractivity contribution in [3.8, 4) is 22.5 Å². The van der Waals surface area contributed by atoms with Gasteiger partial charge in [0.15, 0.2) is 12.4 Å². The summed E-state index contributed by atoms with van der Waals surface area (Å²) < 4.78 is 61.9. The predicted molar refractivity (Wildman–Crippen MR) is 134 cm³/mol. The van der Waals surface area contributed by atoms with Crippen LogP contribution in [-0.4, -0.2) is 64.6 Å². The molecule has 13 nitrogen and oxygen atoms in total. The topological polar surface area (TPSA) is 201 Å². The lowest BCUT2D eigenvalue weighted by Gasteiger charge is -2.14. The van der Waals surface area contributed by atoms with Gasteiger partial charge in [-0.15, -0.1) is 0 Å². The Hall–Kier alpha value is -5.06. The molecule has 0 bridgehead atoms. The maximum absolute atomic E-state index is 14.9. The molecule has 1 atom stereocenters. The molecule has 0 saturated carbocycles. The second-order valence-corrected chi connectivity index (χ2v) is 8.56. The number of aliphatic carboxylic acids is 1. The number of hydrogen-bond acceptors (Lipinski definition) is 10. The Morgan fingerprint density at radius 1 is 1.14 bits per heavy atom. The van der Waals surface area contributed by atoms with Gasteiger partial charge < -0.3 is 30.6 Å². The Morgan fingerprint density at radius 3 is 2.43 bits per heavy atom. The van der Waals surface area contributed by atoms with E-state index < -0.39 is 42.0 Å². The van der Waals surface area contributed by atoms with Crippen LogP contribution in [0.1, 0.15) is 18.6 Å². The third-order valence-corrected chi connectivity index (χ3v) is 5.53. The van der Waals surface area contributed by atoms with E-state index >= 15 is 0 Å². The Labute approximate surface area is 234 Å². The fourth-order valence-corrected chi connectivity index (χ4v) is 3.51. The molecule has 5 N–H and O–H groups in total. The number of hydrogen-bond donors (Lipinski definition) is 3. The summed E-state index contributed by atoms with van der Waals surface area (Å²) >= 11 is 0. The van der Waals surface area contributed by atoms with Crippen molar-refractivity contribution in [1.29, 1.82) is 0 Å². The molecule has 0 unspecified atom stereocenters. The smallest absolute Gasteiger partial charge is 0.475 e. The molecule has 1 saturated heterocycles. The van der Waals surface area contributed by atoms with Crippen LogP contribution < -0.4 is 16.4 Å². The van der Waals surface area contributed by atoms with Gasteiger partial charge in [-0.05, 0) is 30.7 Å². The lowest BCUT2D eigenvalue weighted by Crippen LogP contribution is -2.25. The highest BCUT2D eigenvalue weighted by molar-refractivity contribution is 5.90. The van der Waals surface area contributed by atoms with Crippen LogP contribution in [0.3, 0.4) is 0 Å². The van der Waals surface area contributed by atoms with E-state index in [2.05, 4.69) is 10.1 Å². The van der Waals surface area contributed by atoms with Crippen LogP contribution in [0, 0.1) is 5.82 Å². The van der Waals surface area contributed by atoms with Crippen molar-refractivity contribution in [2.24, 2.45) is 11.5 Å². The molecule has 2 amide bonds. The van der Waals surface area contributed by atoms with E-state index in [1.807, 2.05) is 0 Å². The van der Waals surface area contributed by atoms with Gasteiger partial charge in [0.2, 0.25) is 5.91 Å². The van der Waals surface area contributed by atoms with Crippen LogP contribution in [-0.2, 0) is 30.5 Å². The number of nitrogens with zero attached hydrogens (tertiary/aromatic N) is 3. The standard InChI is InChI=1S/C23H22FN5O6.C2HF3O2/c24-18-7-14(29-11-15(34-23(29)32)3-6-21(26)30)2-4-17(18)13-1-5-19(27-10-13)20-8-16(35-28-20)12-33-22(31)9-25;3-2(4,5)1(6)7/h1-2,4-5,7-8,10,15H,3,6,9,11-12,25H2,(H2,26,30);(H,6,7)/t15-;/m0./s1. The minimum Gasteiger partial charge on any atom is -0.475 e. The number of primary amides is 1. The number of pyridine rings is 1. The summed E-state index contributed by atoms with van der Waals surface area (Å²) in [5, 5.41) is 11.0. The van der Waals surface area contributed by atoms with E-state index in [4.69, 9.17) is 35.4 Å². The minimum absolute atomic E-state index is 0.0967. The van der Waals surface area contributed by atoms with Gasteiger partial charge in [-0.25, -0.2) is 14.0 Å². The van der Waals surface area contributed by atoms with Crippen LogP contribution in [0.15, 0.2) is 47.1 Å². The van der Waals surface area contributed by atoms with Gasteiger partial charge in [0, 0.05) is 29.8 Å². The first kappa shape index (κ1) is 31.5. The number of benzene rings is 1. The zero-order valence-electron chi connectivity index (χ0n) is 21.5. The zero-order chi connectivity index (χ0) is 31.0. The van der Waals surface area contributed by atoms with Gasteiger partial charge in [-0.3, -0.25) is 19.5 Å². The number of rotatable bonds is 9. The van der Waals surface area contributed by atoms with Crippen molar-refractivity contribution >= 4 is 29.6 Å². The van der Waals surface area contributed by atoms with E-state index in [1.165, 1.54) is 17.2 Å². The molecular formula is C25H23F4N5O8. The molecule has 2 aromatic heterocycles. The van der Waals surface area contributed by atoms with Gasteiger partial charge >= 0.3 is 24.2 Å². The first-order chi connectivity index (χ1) is 19.8. The number of alkyl halides is 3. The fourth-order valence-electron chi connectivity index (χ4n) is 3.51. The Kier molecular flexibility index (Phi) is 10.1. The van der Waals surface area contributed by atoms with Crippen molar-refractivity contribution in [1.82, 2.24) is 10.1 Å². The SMILES string of the molecule is NCC(=O)OCc1cc(-c2ccc(-c3ccc(N4C[C@H](CCC(N)=O)OC4=O)cc3F)cn2)no1.O=C(O)C(F)(F)F. The molecular weight excluding hydrogens is 574 g/mol. The van der Waals surface area contributed by atoms with Crippen LogP contribution in [0.2, 0.25) is 0 Å². The highest BCUT2D eigenvalue weighted by Crippen LogP contribution is 2.30. The quantitative estimate of drug-likeness (QED) is 0.242. The molecule has 3 aromatic rings. The fraction of sp³-hybridized carbons (Fsp3) is 0.280. The number of aromatic nitrogens is 2. The van der Waals surface area contributed by atoms with Gasteiger partial charge in [0.25, 0.3) is 0 Å². The molecule has 0 radical (unpaired) electrons. The maximum atomic E-state index is 14.9. The molecule has 0 aliphatic carbocycles. The van der Waals surface area contributed by atoms with Crippen molar-refractivity contribution in [2.45, 2.75) is 31.7 Å². The molecule has 0 spiro atoms. The highest BCUT2D eigenvalue weighted by atomic mass is 19.4. The molecule has 1 aliphatic heterocycles. The Morgan fingerprint density at radius 2 is 1.86 bits per heavy atom. The number of nitrogens with two attached hydrogens (primary N) is 2. The number of carbonyl (C=O) groups is 4. The highest BCUT2D eigenvalue weighted by Gasteiger charge is 2.38. The molecule has 1 aromatic carbocycles. The summed E-state index contributed by atoms with van der Waals surface area (Å²) in [5.41, 5.74) is 12.4. The minimum atomic E-state index is -5.08. The molecule has 42 heavy (non-hydrogen) atoms. The zero-order valence-corrected chi connectivity index (χ0v) is 21.5. The second-order valence-electron chi connectivity index (χ2n) is 8.56. The average Bonchev–Trinajstić information content (AvgIpc) is 3.57. The first-order valence-electron chi connectivity index (χ1n) is 11.9. The number of halogens is 4. The van der Waals surface area contributed by atoms with E-state index in [0.717, 1.165) is 0 Å². The normalized spacial score (nSPS) is 14.5. The second kappa shape index (κ2) is 13.5. The molecule has 4 rings (SSSR count). The maximum Gasteiger partial charge on any atom is 0.490 e. The van der Waals surface area contributed by atoms with Crippen LogP contribution in [0.5, 0.6) is 0 Å². The Bertz CT molecular complexity index is 1450. The average molecular weight is 597 g/mol. The summed E-state index contributed by atoms with van der Waals surface area (Å²) in [6.07, 6.45) is -4.29. The molecule has 3 heterocycles. The van der Waals surface area contributed by atoms with E-state index in [9.17, 15) is 31.9 Å². The predicted octanol–water partition coefficient (Wildman–Crippen LogP) is 2.77. The van der Waals surface area contributed by atoms with Crippen molar-refractivity contribution < 1.29 is 55.8 Å². The number of cyclic esters (lactones) is 1. The van der Waals surface area contributed by atoms with Gasteiger partial charge in [-0.2, -0.15) is 13.2 Å². The summed E-state index contributed by atoms with van der Waals surface area (Å²) in [4.78, 5) is 48.8. The number of carboxylic acid groups (broad SMARTS) is 1. The van der Waals surface area contributed by atoms with Gasteiger partial charge in [-0.1, -0.05) is 11.2 Å². The number of amides is 2. The van der Waals surface area contributed by atoms with Crippen LogP contribution >= 0.6 is 0 Å². The molecule has 17 heteroatoms. The van der Waals surface area contributed by atoms with E-state index in [0.29, 0.717) is 40.4 Å². The summed E-state index contributed by atoms with van der Waals surface area (Å²) in [6.45, 7) is -0.136. The van der Waals surface area contributed by atoms with Crippen molar-refractivity contribution in [3.05, 3.63) is 54.2 Å².